The number of fused-ring (bicyclic) bond motifs is 1. The van der Waals surface area contributed by atoms with Crippen molar-refractivity contribution in [3.63, 3.8) is 0 Å². The fourth-order valence-corrected chi connectivity index (χ4v) is 4.81. The van der Waals surface area contributed by atoms with Crippen LogP contribution in [0.2, 0.25) is 5.02 Å². The molecule has 1 amide bonds. The van der Waals surface area contributed by atoms with Gasteiger partial charge in [0.15, 0.2) is 6.61 Å². The molecular weight excluding hydrogens is 466 g/mol. The van der Waals surface area contributed by atoms with Crippen molar-refractivity contribution in [2.75, 3.05) is 44.4 Å². The van der Waals surface area contributed by atoms with Gasteiger partial charge in [-0.3, -0.25) is 9.69 Å². The third-order valence-corrected chi connectivity index (χ3v) is 7.23. The average molecular weight is 492 g/mol. The monoisotopic (exact) mass is 491 g/mol. The summed E-state index contributed by atoms with van der Waals surface area (Å²) in [7, 11) is -1.20. The van der Waals surface area contributed by atoms with Crippen molar-refractivity contribution in [3.05, 3.63) is 53.3 Å². The maximum Gasteiger partial charge on any atom is 0.262 e. The van der Waals surface area contributed by atoms with E-state index in [0.717, 1.165) is 16.9 Å². The SMILES string of the molecule is Cn1c(CN2CCN(S(C)(=O)=O)CC2)nc2cc(NC(=O)COc3ccccc3Cl)ccc21. The predicted molar refractivity (Wildman–Crippen MR) is 128 cm³/mol. The highest BCUT2D eigenvalue weighted by molar-refractivity contribution is 7.88. The van der Waals surface area contributed by atoms with Crippen LogP contribution in [0, 0.1) is 0 Å². The fourth-order valence-electron chi connectivity index (χ4n) is 3.79. The van der Waals surface area contributed by atoms with Gasteiger partial charge in [-0.2, -0.15) is 4.31 Å². The number of aromatic nitrogens is 2. The maximum atomic E-state index is 12.3. The minimum atomic E-state index is -3.15. The highest BCUT2D eigenvalue weighted by atomic mass is 35.5. The van der Waals surface area contributed by atoms with Crippen LogP contribution in [0.5, 0.6) is 5.75 Å². The number of piperazine rings is 1. The third-order valence-electron chi connectivity index (χ3n) is 5.62. The Bertz CT molecular complexity index is 1270. The van der Waals surface area contributed by atoms with Crippen LogP contribution in [0.3, 0.4) is 0 Å². The van der Waals surface area contributed by atoms with Gasteiger partial charge in [-0.05, 0) is 30.3 Å². The number of anilines is 1. The fraction of sp³-hybridized carbons (Fsp3) is 0.364. The highest BCUT2D eigenvalue weighted by Crippen LogP contribution is 2.24. The van der Waals surface area contributed by atoms with Crippen molar-refractivity contribution in [2.45, 2.75) is 6.54 Å². The minimum Gasteiger partial charge on any atom is -0.482 e. The van der Waals surface area contributed by atoms with Crippen molar-refractivity contribution >= 4 is 44.3 Å². The molecule has 0 aliphatic carbocycles. The van der Waals surface area contributed by atoms with Crippen LogP contribution in [0.25, 0.3) is 11.0 Å². The second kappa shape index (κ2) is 9.68. The number of halogens is 1. The number of ether oxygens (including phenoxy) is 1. The molecule has 0 radical (unpaired) electrons. The van der Waals surface area contributed by atoms with E-state index < -0.39 is 10.0 Å². The van der Waals surface area contributed by atoms with Crippen molar-refractivity contribution in [3.8, 4) is 5.75 Å². The lowest BCUT2D eigenvalue weighted by Crippen LogP contribution is -2.48. The topological polar surface area (TPSA) is 96.8 Å². The molecule has 0 unspecified atom stereocenters. The van der Waals surface area contributed by atoms with Crippen molar-refractivity contribution < 1.29 is 17.9 Å². The van der Waals surface area contributed by atoms with Gasteiger partial charge in [0.05, 0.1) is 28.9 Å². The Balaban J connectivity index is 1.38. The summed E-state index contributed by atoms with van der Waals surface area (Å²) in [5.41, 5.74) is 2.35. The number of para-hydroxylation sites is 1. The second-order valence-electron chi connectivity index (χ2n) is 8.00. The zero-order chi connectivity index (χ0) is 23.6. The van der Waals surface area contributed by atoms with Gasteiger partial charge in [0.2, 0.25) is 10.0 Å². The van der Waals surface area contributed by atoms with Crippen LogP contribution in [0.4, 0.5) is 5.69 Å². The number of rotatable bonds is 7. The molecule has 33 heavy (non-hydrogen) atoms. The number of carbonyl (C=O) groups excluding carboxylic acids is 1. The summed E-state index contributed by atoms with van der Waals surface area (Å²) in [6.07, 6.45) is 1.24. The Morgan fingerprint density at radius 3 is 2.58 bits per heavy atom. The van der Waals surface area contributed by atoms with Gasteiger partial charge in [-0.25, -0.2) is 13.4 Å². The average Bonchev–Trinajstić information content (AvgIpc) is 3.07. The largest absolute Gasteiger partial charge is 0.482 e. The van der Waals surface area contributed by atoms with E-state index in [-0.39, 0.29) is 12.5 Å². The van der Waals surface area contributed by atoms with Crippen molar-refractivity contribution in [2.24, 2.45) is 7.05 Å². The molecule has 1 N–H and O–H groups in total. The number of benzene rings is 2. The van der Waals surface area contributed by atoms with Gasteiger partial charge >= 0.3 is 0 Å². The van der Waals surface area contributed by atoms with E-state index in [2.05, 4.69) is 10.2 Å². The van der Waals surface area contributed by atoms with E-state index in [1.807, 2.05) is 29.8 Å². The predicted octanol–water partition coefficient (Wildman–Crippen LogP) is 2.32. The molecule has 1 aromatic heterocycles. The summed E-state index contributed by atoms with van der Waals surface area (Å²) >= 11 is 6.05. The molecule has 2 aromatic carbocycles. The standard InChI is InChI=1S/C22H26ClN5O4S/c1-26-19-8-7-16(24-22(29)15-32-20-6-4-3-5-17(20)23)13-18(19)25-21(26)14-27-9-11-28(12-10-27)33(2,30)31/h3-8,13H,9-12,14-15H2,1-2H3,(H,24,29). The van der Waals surface area contributed by atoms with Crippen molar-refractivity contribution in [1.82, 2.24) is 18.8 Å². The number of nitrogens with one attached hydrogen (secondary N) is 1. The molecule has 11 heteroatoms. The number of aryl methyl sites for hydroxylation is 1. The zero-order valence-electron chi connectivity index (χ0n) is 18.5. The number of carbonyl (C=O) groups is 1. The lowest BCUT2D eigenvalue weighted by atomic mass is 10.2. The van der Waals surface area contributed by atoms with E-state index in [1.54, 1.807) is 24.3 Å². The molecule has 1 aliphatic heterocycles. The van der Waals surface area contributed by atoms with Crippen molar-refractivity contribution in [1.29, 1.82) is 0 Å². The molecule has 3 aromatic rings. The van der Waals surface area contributed by atoms with Gasteiger partial charge in [-0.15, -0.1) is 0 Å². The first-order valence-electron chi connectivity index (χ1n) is 10.5. The number of hydrogen-bond acceptors (Lipinski definition) is 6. The Morgan fingerprint density at radius 1 is 1.15 bits per heavy atom. The Kier molecular flexibility index (Phi) is 6.89. The first-order valence-corrected chi connectivity index (χ1v) is 12.7. The van der Waals surface area contributed by atoms with Gasteiger partial charge in [0.1, 0.15) is 11.6 Å². The molecule has 1 fully saturated rings. The number of nitrogens with zero attached hydrogens (tertiary/aromatic N) is 4. The first-order chi connectivity index (χ1) is 15.7. The molecule has 1 saturated heterocycles. The number of sulfonamides is 1. The smallest absolute Gasteiger partial charge is 0.262 e. The van der Waals surface area contributed by atoms with E-state index in [9.17, 15) is 13.2 Å². The molecule has 9 nitrogen and oxygen atoms in total. The Labute approximate surface area is 197 Å². The lowest BCUT2D eigenvalue weighted by molar-refractivity contribution is -0.118. The van der Waals surface area contributed by atoms with E-state index in [4.69, 9.17) is 21.3 Å². The molecular formula is C22H26ClN5O4S. The van der Waals surface area contributed by atoms with E-state index in [0.29, 0.717) is 49.2 Å². The van der Waals surface area contributed by atoms with Crippen LogP contribution in [0.15, 0.2) is 42.5 Å². The van der Waals surface area contributed by atoms with Gasteiger partial charge in [0, 0.05) is 38.9 Å². The molecule has 0 bridgehead atoms. The molecule has 0 saturated carbocycles. The first kappa shape index (κ1) is 23.5. The van der Waals surface area contributed by atoms with Gasteiger partial charge < -0.3 is 14.6 Å². The quantitative estimate of drug-likeness (QED) is 0.545. The van der Waals surface area contributed by atoms with Crippen LogP contribution in [-0.2, 0) is 28.4 Å². The summed E-state index contributed by atoms with van der Waals surface area (Å²) in [4.78, 5) is 19.2. The van der Waals surface area contributed by atoms with E-state index in [1.165, 1.54) is 10.6 Å². The molecule has 176 valence electrons. The molecule has 0 atom stereocenters. The highest BCUT2D eigenvalue weighted by Gasteiger charge is 2.24. The number of amides is 1. The Morgan fingerprint density at radius 2 is 1.88 bits per heavy atom. The van der Waals surface area contributed by atoms with Crippen LogP contribution < -0.4 is 10.1 Å². The maximum absolute atomic E-state index is 12.3. The molecule has 0 spiro atoms. The second-order valence-corrected chi connectivity index (χ2v) is 10.4. The van der Waals surface area contributed by atoms with E-state index >= 15 is 0 Å². The number of hydrogen-bond donors (Lipinski definition) is 1. The molecule has 2 heterocycles. The summed E-state index contributed by atoms with van der Waals surface area (Å²) in [6.45, 7) is 2.74. The minimum absolute atomic E-state index is 0.158. The summed E-state index contributed by atoms with van der Waals surface area (Å²) in [5, 5.41) is 3.27. The van der Waals surface area contributed by atoms with Gasteiger partial charge in [-0.1, -0.05) is 23.7 Å². The number of imidazole rings is 1. The molecule has 4 rings (SSSR count). The van der Waals surface area contributed by atoms with Crippen LogP contribution in [0.1, 0.15) is 5.82 Å². The van der Waals surface area contributed by atoms with Crippen LogP contribution >= 0.6 is 11.6 Å². The summed E-state index contributed by atoms with van der Waals surface area (Å²) in [6, 6.07) is 12.6. The lowest BCUT2D eigenvalue weighted by Gasteiger charge is -2.32. The van der Waals surface area contributed by atoms with Crippen LogP contribution in [-0.4, -0.2) is 72.1 Å². The summed E-state index contributed by atoms with van der Waals surface area (Å²) < 4.78 is 32.4. The normalized spacial score (nSPS) is 15.6. The third kappa shape index (κ3) is 5.64. The molecule has 1 aliphatic rings. The van der Waals surface area contributed by atoms with Gasteiger partial charge in [0.25, 0.3) is 5.91 Å². The zero-order valence-corrected chi connectivity index (χ0v) is 20.1. The summed E-state index contributed by atoms with van der Waals surface area (Å²) in [5.74, 6) is 1.04. The Hall–Kier alpha value is -2.66.